The number of aromatic nitrogens is 4. The monoisotopic (exact) mass is 598 g/mol. The summed E-state index contributed by atoms with van der Waals surface area (Å²) in [5.74, 6) is -0.0795. The van der Waals surface area contributed by atoms with Crippen LogP contribution >= 0.6 is 7.82 Å². The molecule has 3 aromatic heterocycles. The Morgan fingerprint density at radius 3 is 2.52 bits per heavy atom. The number of phosphoric ester groups is 1. The highest BCUT2D eigenvalue weighted by Gasteiger charge is 2.29. The van der Waals surface area contributed by atoms with Crippen LogP contribution in [0.4, 0.5) is 4.79 Å². The van der Waals surface area contributed by atoms with Gasteiger partial charge in [0, 0.05) is 17.1 Å². The van der Waals surface area contributed by atoms with Crippen LogP contribution in [0.25, 0.3) is 27.8 Å². The number of benzene rings is 1. The second-order valence-corrected chi connectivity index (χ2v) is 12.3. The summed E-state index contributed by atoms with van der Waals surface area (Å²) < 4.78 is 24.0. The number of ether oxygens (including phenoxy) is 1. The second kappa shape index (κ2) is 11.6. The lowest BCUT2D eigenvalue weighted by Crippen LogP contribution is -2.39. The van der Waals surface area contributed by atoms with Crippen molar-refractivity contribution in [2.75, 3.05) is 26.4 Å². The van der Waals surface area contributed by atoms with Crippen LogP contribution in [0.1, 0.15) is 60.8 Å². The number of hydrogen-bond acceptors (Lipinski definition) is 8. The number of piperidine rings is 1. The zero-order chi connectivity index (χ0) is 30.3. The van der Waals surface area contributed by atoms with Gasteiger partial charge in [0.25, 0.3) is 0 Å². The third-order valence-corrected chi connectivity index (χ3v) is 8.46. The molecule has 0 aliphatic carbocycles. The van der Waals surface area contributed by atoms with E-state index in [9.17, 15) is 14.2 Å². The average Bonchev–Trinajstić information content (AvgIpc) is 3.52. The fraction of sp³-hybridized carbons (Fsp3) is 0.429. The van der Waals surface area contributed by atoms with E-state index < -0.39 is 20.7 Å². The third-order valence-electron chi connectivity index (χ3n) is 8.01. The van der Waals surface area contributed by atoms with E-state index in [2.05, 4.69) is 39.4 Å². The van der Waals surface area contributed by atoms with Crippen molar-refractivity contribution < 1.29 is 33.2 Å². The van der Waals surface area contributed by atoms with Crippen LogP contribution in [0.5, 0.6) is 0 Å². The minimum atomic E-state index is -4.85. The molecule has 0 spiro atoms. The molecule has 0 saturated carbocycles. The molecule has 1 fully saturated rings. The molecule has 4 heterocycles. The first-order chi connectivity index (χ1) is 19.9. The van der Waals surface area contributed by atoms with Crippen molar-refractivity contribution in [1.29, 1.82) is 0 Å². The van der Waals surface area contributed by atoms with Crippen LogP contribution in [0.2, 0.25) is 0 Å². The first-order valence-corrected chi connectivity index (χ1v) is 15.2. The van der Waals surface area contributed by atoms with Gasteiger partial charge in [0.15, 0.2) is 5.65 Å². The number of aryl methyl sites for hydroxylation is 1. The number of amides is 1. The van der Waals surface area contributed by atoms with E-state index in [1.165, 1.54) is 10.9 Å². The molecule has 1 saturated heterocycles. The molecule has 1 aromatic carbocycles. The number of nitrogens with zero attached hydrogens (tertiary/aromatic N) is 5. The third kappa shape index (κ3) is 5.83. The second-order valence-electron chi connectivity index (χ2n) is 11.0. The number of carbonyl (C=O) groups is 2. The quantitative estimate of drug-likeness (QED) is 0.200. The number of pyridine rings is 1. The summed E-state index contributed by atoms with van der Waals surface area (Å²) in [4.78, 5) is 49.6. The molecular weight excluding hydrogens is 563 g/mol. The minimum absolute atomic E-state index is 0.0123. The minimum Gasteiger partial charge on any atom is -0.421 e. The average molecular weight is 599 g/mol. The van der Waals surface area contributed by atoms with Gasteiger partial charge in [-0.3, -0.25) is 9.69 Å². The maximum atomic E-state index is 13.6. The van der Waals surface area contributed by atoms with Crippen molar-refractivity contribution in [3.05, 3.63) is 53.0 Å². The highest BCUT2D eigenvalue weighted by Crippen LogP contribution is 2.42. The van der Waals surface area contributed by atoms with Gasteiger partial charge in [-0.15, -0.1) is 0 Å². The lowest BCUT2D eigenvalue weighted by molar-refractivity contribution is -0.119. The number of likely N-dealkylation sites (tertiary alicyclic amines) is 1. The number of carbonyl (C=O) groups excluding carboxylic acids is 2. The summed E-state index contributed by atoms with van der Waals surface area (Å²) in [5, 5.41) is 5.20. The fourth-order valence-electron chi connectivity index (χ4n) is 5.92. The number of primary amides is 1. The molecule has 0 atom stereocenters. The summed E-state index contributed by atoms with van der Waals surface area (Å²) in [6.45, 7) is 8.86. The van der Waals surface area contributed by atoms with Crippen molar-refractivity contribution in [2.45, 2.75) is 52.4 Å². The summed E-state index contributed by atoms with van der Waals surface area (Å²) >= 11 is 0. The Morgan fingerprint density at radius 1 is 1.17 bits per heavy atom. The highest BCUT2D eigenvalue weighted by atomic mass is 31.2. The summed E-state index contributed by atoms with van der Waals surface area (Å²) in [7, 11) is -4.85. The molecule has 0 radical (unpaired) electrons. The number of phosphoric acid groups is 1. The van der Waals surface area contributed by atoms with E-state index in [4.69, 9.17) is 20.3 Å². The lowest BCUT2D eigenvalue weighted by Gasteiger charge is -2.31. The molecular formula is C28H35N6O7P. The first kappa shape index (κ1) is 29.9. The Balaban J connectivity index is 1.66. The van der Waals surface area contributed by atoms with Crippen LogP contribution in [0.3, 0.4) is 0 Å². The van der Waals surface area contributed by atoms with E-state index in [0.29, 0.717) is 16.9 Å². The number of hydrogen-bond donors (Lipinski definition) is 3. The molecule has 224 valence electrons. The van der Waals surface area contributed by atoms with E-state index in [-0.39, 0.29) is 24.3 Å². The molecule has 1 amide bonds. The standard InChI is InChI=1S/C28H35N6O7P/c1-16(2)25-21-11-20(19-7-9-32(10-8-19)13-24(29)35)5-6-23(21)34(28(36)40-15-41-42(37,38)39)26(25)22-12-33-27(30-14-31-33)18(4)17(22)3/h5-6,11-12,14,16,19H,7-10,13,15H2,1-4H3,(H2,29,35)(H2,37,38,39). The molecule has 13 nitrogen and oxygen atoms in total. The van der Waals surface area contributed by atoms with Crippen molar-refractivity contribution in [3.63, 3.8) is 0 Å². The maximum Gasteiger partial charge on any atom is 0.472 e. The van der Waals surface area contributed by atoms with E-state index >= 15 is 0 Å². The highest BCUT2D eigenvalue weighted by molar-refractivity contribution is 7.46. The van der Waals surface area contributed by atoms with Crippen molar-refractivity contribution in [1.82, 2.24) is 24.1 Å². The van der Waals surface area contributed by atoms with Crippen LogP contribution in [0.15, 0.2) is 30.7 Å². The van der Waals surface area contributed by atoms with Gasteiger partial charge >= 0.3 is 13.9 Å². The summed E-state index contributed by atoms with van der Waals surface area (Å²) in [6, 6.07) is 6.01. The number of nitrogens with two attached hydrogens (primary N) is 1. The zero-order valence-corrected chi connectivity index (χ0v) is 24.9. The van der Waals surface area contributed by atoms with Crippen molar-refractivity contribution in [2.24, 2.45) is 5.73 Å². The smallest absolute Gasteiger partial charge is 0.421 e. The maximum absolute atomic E-state index is 13.6. The summed E-state index contributed by atoms with van der Waals surface area (Å²) in [6.07, 6.45) is 4.20. The Bertz CT molecular complexity index is 1710. The van der Waals surface area contributed by atoms with Crippen LogP contribution in [0, 0.1) is 13.8 Å². The SMILES string of the molecule is Cc1c(-c2c(C(C)C)c3cc(C4CCN(CC(N)=O)CC4)ccc3n2C(=O)OCOP(=O)(O)O)cn2ncnc2c1C. The van der Waals surface area contributed by atoms with E-state index in [0.717, 1.165) is 59.1 Å². The van der Waals surface area contributed by atoms with Gasteiger partial charge in [-0.2, -0.15) is 5.10 Å². The van der Waals surface area contributed by atoms with Gasteiger partial charge in [0.2, 0.25) is 12.7 Å². The van der Waals surface area contributed by atoms with E-state index in [1.807, 2.05) is 32.2 Å². The Hall–Kier alpha value is -3.61. The van der Waals surface area contributed by atoms with Gasteiger partial charge in [0.05, 0.1) is 17.8 Å². The Labute approximate surface area is 242 Å². The molecule has 4 aromatic rings. The van der Waals surface area contributed by atoms with Gasteiger partial charge in [-0.25, -0.2) is 27.9 Å². The Morgan fingerprint density at radius 2 is 1.88 bits per heavy atom. The number of fused-ring (bicyclic) bond motifs is 2. The topological polar surface area (TPSA) is 175 Å². The van der Waals surface area contributed by atoms with Gasteiger partial charge in [-0.1, -0.05) is 19.9 Å². The molecule has 0 bridgehead atoms. The first-order valence-electron chi connectivity index (χ1n) is 13.7. The van der Waals surface area contributed by atoms with Crippen molar-refractivity contribution in [3.8, 4) is 11.3 Å². The predicted molar refractivity (Wildman–Crippen MR) is 155 cm³/mol. The molecule has 14 heteroatoms. The van der Waals surface area contributed by atoms with Gasteiger partial charge in [-0.05, 0) is 86.0 Å². The molecule has 0 unspecified atom stereocenters. The molecule has 1 aliphatic heterocycles. The summed E-state index contributed by atoms with van der Waals surface area (Å²) in [5.41, 5.74) is 11.9. The normalized spacial score (nSPS) is 15.2. The fourth-order valence-corrected chi connectivity index (χ4v) is 6.11. The Kier molecular flexibility index (Phi) is 8.23. The number of rotatable bonds is 8. The van der Waals surface area contributed by atoms with E-state index in [1.54, 1.807) is 4.52 Å². The predicted octanol–water partition coefficient (Wildman–Crippen LogP) is 3.81. The van der Waals surface area contributed by atoms with Crippen LogP contribution < -0.4 is 5.73 Å². The lowest BCUT2D eigenvalue weighted by atomic mass is 9.87. The molecule has 5 rings (SSSR count). The van der Waals surface area contributed by atoms with Gasteiger partial charge in [0.1, 0.15) is 6.33 Å². The zero-order valence-electron chi connectivity index (χ0n) is 24.0. The molecule has 42 heavy (non-hydrogen) atoms. The van der Waals surface area contributed by atoms with Gasteiger partial charge < -0.3 is 20.3 Å². The molecule has 1 aliphatic rings. The van der Waals surface area contributed by atoms with Crippen LogP contribution in [-0.2, 0) is 18.6 Å². The molecule has 4 N–H and O–H groups in total. The van der Waals surface area contributed by atoms with Crippen molar-refractivity contribution >= 4 is 36.4 Å². The van der Waals surface area contributed by atoms with Crippen LogP contribution in [-0.4, -0.2) is 72.3 Å². The largest absolute Gasteiger partial charge is 0.472 e.